The molecule has 1 saturated heterocycles. The summed E-state index contributed by atoms with van der Waals surface area (Å²) in [6.45, 7) is 6.13. The van der Waals surface area contributed by atoms with E-state index >= 15 is 0 Å². The van der Waals surface area contributed by atoms with Gasteiger partial charge >= 0.3 is 0 Å². The van der Waals surface area contributed by atoms with Gasteiger partial charge in [0.1, 0.15) is 5.01 Å². The molecule has 1 N–H and O–H groups in total. The first-order valence-electron chi connectivity index (χ1n) is 9.82. The summed E-state index contributed by atoms with van der Waals surface area (Å²) in [5.41, 5.74) is 3.11. The van der Waals surface area contributed by atoms with Gasteiger partial charge < -0.3 is 15.0 Å². The van der Waals surface area contributed by atoms with E-state index in [4.69, 9.17) is 4.74 Å². The first-order chi connectivity index (χ1) is 14.0. The van der Waals surface area contributed by atoms with Crippen molar-refractivity contribution in [2.45, 2.75) is 13.3 Å². The number of benzene rings is 1. The average molecular weight is 417 g/mol. The number of methoxy groups -OCH3 is 1. The number of rotatable bonds is 8. The maximum Gasteiger partial charge on any atom is 0.234 e. The van der Waals surface area contributed by atoms with Crippen LogP contribution in [0.3, 0.4) is 0 Å². The molecule has 156 valence electrons. The summed E-state index contributed by atoms with van der Waals surface area (Å²) in [4.78, 5) is 33.1. The van der Waals surface area contributed by atoms with Crippen molar-refractivity contribution >= 4 is 23.2 Å². The molecule has 0 radical (unpaired) electrons. The number of nitrogens with zero attached hydrogens (tertiary/aromatic N) is 3. The first-order valence-corrected chi connectivity index (χ1v) is 10.7. The molecule has 2 heterocycles. The van der Waals surface area contributed by atoms with Crippen molar-refractivity contribution < 1.29 is 14.3 Å². The highest BCUT2D eigenvalue weighted by molar-refractivity contribution is 7.13. The fourth-order valence-corrected chi connectivity index (χ4v) is 4.02. The van der Waals surface area contributed by atoms with Crippen molar-refractivity contribution in [1.29, 1.82) is 0 Å². The molecular weight excluding hydrogens is 388 g/mol. The molecule has 0 bridgehead atoms. The van der Waals surface area contributed by atoms with Crippen LogP contribution in [0.15, 0.2) is 29.6 Å². The van der Waals surface area contributed by atoms with Gasteiger partial charge in [-0.25, -0.2) is 4.98 Å². The normalized spacial score (nSPS) is 14.8. The first kappa shape index (κ1) is 21.4. The molecule has 1 aromatic heterocycles. The monoisotopic (exact) mass is 416 g/mol. The zero-order valence-corrected chi connectivity index (χ0v) is 17.8. The summed E-state index contributed by atoms with van der Waals surface area (Å²) in [6, 6.07) is 8.26. The van der Waals surface area contributed by atoms with Crippen LogP contribution in [0.5, 0.6) is 0 Å². The number of amides is 2. The van der Waals surface area contributed by atoms with Crippen LogP contribution in [0.25, 0.3) is 10.6 Å². The van der Waals surface area contributed by atoms with Gasteiger partial charge in [-0.1, -0.05) is 29.8 Å². The number of ether oxygens (including phenoxy) is 1. The Morgan fingerprint density at radius 2 is 1.90 bits per heavy atom. The number of hydrogen-bond donors (Lipinski definition) is 1. The molecule has 2 aromatic rings. The van der Waals surface area contributed by atoms with Crippen LogP contribution < -0.4 is 5.32 Å². The Bertz CT molecular complexity index is 814. The minimum atomic E-state index is -0.00654. The zero-order valence-electron chi connectivity index (χ0n) is 17.0. The summed E-state index contributed by atoms with van der Waals surface area (Å²) in [5.74, 6) is 0.0860. The second kappa shape index (κ2) is 10.5. The van der Waals surface area contributed by atoms with E-state index in [2.05, 4.69) is 46.4 Å². The van der Waals surface area contributed by atoms with E-state index in [1.54, 1.807) is 18.4 Å². The highest BCUT2D eigenvalue weighted by atomic mass is 32.1. The van der Waals surface area contributed by atoms with Crippen molar-refractivity contribution in [1.82, 2.24) is 20.1 Å². The Morgan fingerprint density at radius 1 is 1.17 bits per heavy atom. The number of carbonyl (C=O) groups excluding carboxylic acids is 2. The van der Waals surface area contributed by atoms with Gasteiger partial charge in [0.2, 0.25) is 11.8 Å². The van der Waals surface area contributed by atoms with Gasteiger partial charge in [0.05, 0.1) is 25.3 Å². The van der Waals surface area contributed by atoms with E-state index < -0.39 is 0 Å². The third-order valence-electron chi connectivity index (χ3n) is 4.90. The molecule has 2 amide bonds. The third kappa shape index (κ3) is 6.35. The molecule has 0 aliphatic carbocycles. The van der Waals surface area contributed by atoms with Crippen LogP contribution in [0, 0.1) is 6.92 Å². The van der Waals surface area contributed by atoms with E-state index in [9.17, 15) is 9.59 Å². The molecule has 3 rings (SSSR count). The predicted molar refractivity (Wildman–Crippen MR) is 114 cm³/mol. The topological polar surface area (TPSA) is 74.8 Å². The van der Waals surface area contributed by atoms with Crippen LogP contribution in [-0.4, -0.2) is 79.6 Å². The summed E-state index contributed by atoms with van der Waals surface area (Å²) in [5, 5.41) is 5.73. The number of piperazine rings is 1. The molecule has 1 aliphatic heterocycles. The van der Waals surface area contributed by atoms with Gasteiger partial charge in [-0.05, 0) is 6.92 Å². The van der Waals surface area contributed by atoms with E-state index in [-0.39, 0.29) is 11.8 Å². The van der Waals surface area contributed by atoms with Crippen molar-refractivity contribution in [3.8, 4) is 10.6 Å². The lowest BCUT2D eigenvalue weighted by Crippen LogP contribution is -2.51. The minimum absolute atomic E-state index is 0.00654. The number of aryl methyl sites for hydroxylation is 1. The van der Waals surface area contributed by atoms with Crippen molar-refractivity contribution in [3.05, 3.63) is 40.9 Å². The SMILES string of the molecule is COCCNC(=O)CN1CCN(C(=O)Cc2csc(-c3ccc(C)cc3)n2)CC1. The van der Waals surface area contributed by atoms with E-state index in [0.29, 0.717) is 52.3 Å². The standard InChI is InChI=1S/C21H28N4O3S/c1-16-3-5-17(6-4-16)21-23-18(15-29-21)13-20(27)25-10-8-24(9-11-25)14-19(26)22-7-12-28-2/h3-6,15H,7-14H2,1-2H3,(H,22,26). The Kier molecular flexibility index (Phi) is 7.74. The Morgan fingerprint density at radius 3 is 2.59 bits per heavy atom. The molecule has 29 heavy (non-hydrogen) atoms. The Balaban J connectivity index is 1.44. The molecule has 1 aliphatic rings. The van der Waals surface area contributed by atoms with Crippen molar-refractivity contribution in [2.24, 2.45) is 0 Å². The fourth-order valence-electron chi connectivity index (χ4n) is 3.19. The number of hydrogen-bond acceptors (Lipinski definition) is 6. The molecule has 0 spiro atoms. The second-order valence-electron chi connectivity index (χ2n) is 7.19. The van der Waals surface area contributed by atoms with Gasteiger partial charge in [-0.15, -0.1) is 11.3 Å². The average Bonchev–Trinajstić information content (AvgIpc) is 3.17. The van der Waals surface area contributed by atoms with Crippen LogP contribution in [-0.2, 0) is 20.7 Å². The number of aromatic nitrogens is 1. The predicted octanol–water partition coefficient (Wildman–Crippen LogP) is 1.57. The van der Waals surface area contributed by atoms with Crippen LogP contribution in [0.4, 0.5) is 0 Å². The minimum Gasteiger partial charge on any atom is -0.383 e. The van der Waals surface area contributed by atoms with Crippen LogP contribution in [0.2, 0.25) is 0 Å². The van der Waals surface area contributed by atoms with Crippen LogP contribution >= 0.6 is 11.3 Å². The molecule has 0 atom stereocenters. The second-order valence-corrected chi connectivity index (χ2v) is 8.04. The maximum atomic E-state index is 12.6. The number of thiazole rings is 1. The smallest absolute Gasteiger partial charge is 0.234 e. The molecular formula is C21H28N4O3S. The number of nitrogens with one attached hydrogen (secondary N) is 1. The zero-order chi connectivity index (χ0) is 20.6. The number of carbonyl (C=O) groups is 2. The van der Waals surface area contributed by atoms with E-state index in [0.717, 1.165) is 16.3 Å². The lowest BCUT2D eigenvalue weighted by Gasteiger charge is -2.34. The molecule has 7 nitrogen and oxygen atoms in total. The van der Waals surface area contributed by atoms with Gasteiger partial charge in [0, 0.05) is 50.8 Å². The van der Waals surface area contributed by atoms with Gasteiger partial charge in [0.15, 0.2) is 0 Å². The maximum absolute atomic E-state index is 12.6. The molecule has 0 saturated carbocycles. The highest BCUT2D eigenvalue weighted by Crippen LogP contribution is 2.24. The molecule has 1 aromatic carbocycles. The summed E-state index contributed by atoms with van der Waals surface area (Å²) in [6.07, 6.45) is 0.319. The summed E-state index contributed by atoms with van der Waals surface area (Å²) < 4.78 is 4.93. The van der Waals surface area contributed by atoms with Gasteiger partial charge in [-0.2, -0.15) is 0 Å². The van der Waals surface area contributed by atoms with Crippen molar-refractivity contribution in [3.63, 3.8) is 0 Å². The van der Waals surface area contributed by atoms with Crippen molar-refractivity contribution in [2.75, 3.05) is 53.0 Å². The lowest BCUT2D eigenvalue weighted by atomic mass is 10.2. The molecule has 8 heteroatoms. The molecule has 0 unspecified atom stereocenters. The van der Waals surface area contributed by atoms with Crippen LogP contribution in [0.1, 0.15) is 11.3 Å². The lowest BCUT2D eigenvalue weighted by molar-refractivity contribution is -0.132. The Labute approximate surface area is 175 Å². The summed E-state index contributed by atoms with van der Waals surface area (Å²) in [7, 11) is 1.61. The van der Waals surface area contributed by atoms with E-state index in [1.807, 2.05) is 10.3 Å². The van der Waals surface area contributed by atoms with Gasteiger partial charge in [-0.3, -0.25) is 14.5 Å². The quantitative estimate of drug-likeness (QED) is 0.661. The fraction of sp³-hybridized carbons (Fsp3) is 0.476. The largest absolute Gasteiger partial charge is 0.383 e. The molecule has 1 fully saturated rings. The van der Waals surface area contributed by atoms with Gasteiger partial charge in [0.25, 0.3) is 0 Å². The van der Waals surface area contributed by atoms with E-state index in [1.165, 1.54) is 5.56 Å². The summed E-state index contributed by atoms with van der Waals surface area (Å²) >= 11 is 1.57. The third-order valence-corrected chi connectivity index (χ3v) is 5.84. The highest BCUT2D eigenvalue weighted by Gasteiger charge is 2.23. The Hall–Kier alpha value is -2.29.